The number of nitrogens with one attached hydrogen (secondary N) is 1. The Labute approximate surface area is 154 Å². The van der Waals surface area contributed by atoms with Crippen LogP contribution in [0.2, 0.25) is 0 Å². The maximum absolute atomic E-state index is 3.57. The normalized spacial score (nSPS) is 12.4. The van der Waals surface area contributed by atoms with Crippen LogP contribution in [0.5, 0.6) is 0 Å². The Balaban J connectivity index is 2.18. The maximum Gasteiger partial charge on any atom is 0.0373 e. The van der Waals surface area contributed by atoms with Crippen LogP contribution in [0.4, 0.5) is 5.69 Å². The van der Waals surface area contributed by atoms with Gasteiger partial charge in [-0.15, -0.1) is 0 Å². The van der Waals surface area contributed by atoms with E-state index >= 15 is 0 Å². The van der Waals surface area contributed by atoms with E-state index in [1.807, 2.05) is 0 Å². The predicted molar refractivity (Wildman–Crippen MR) is 110 cm³/mol. The van der Waals surface area contributed by atoms with Gasteiger partial charge in [-0.1, -0.05) is 62.7 Å². The molecule has 2 nitrogen and oxygen atoms in total. The lowest BCUT2D eigenvalue weighted by Gasteiger charge is -2.30. The predicted octanol–water partition coefficient (Wildman–Crippen LogP) is 6.18. The molecule has 0 aromatic heterocycles. The number of unbranched alkanes of at least 4 members (excludes halogenated alkanes) is 1. The first kappa shape index (κ1) is 19.5. The number of rotatable bonds is 10. The molecule has 2 rings (SSSR count). The van der Waals surface area contributed by atoms with Crippen LogP contribution in [-0.2, 0) is 6.54 Å². The van der Waals surface area contributed by atoms with Crippen molar-refractivity contribution in [3.05, 3.63) is 65.2 Å². The van der Waals surface area contributed by atoms with Crippen LogP contribution in [0, 0.1) is 6.92 Å². The van der Waals surface area contributed by atoms with Gasteiger partial charge in [-0.05, 0) is 56.0 Å². The van der Waals surface area contributed by atoms with Crippen molar-refractivity contribution in [1.82, 2.24) is 4.90 Å². The van der Waals surface area contributed by atoms with E-state index in [9.17, 15) is 0 Å². The summed E-state index contributed by atoms with van der Waals surface area (Å²) >= 11 is 0. The summed E-state index contributed by atoms with van der Waals surface area (Å²) in [5, 5.41) is 3.57. The molecule has 0 bridgehead atoms. The molecule has 0 saturated carbocycles. The first-order valence-corrected chi connectivity index (χ1v) is 9.78. The van der Waals surface area contributed by atoms with Crippen LogP contribution in [-0.4, -0.2) is 18.0 Å². The molecule has 0 heterocycles. The SMILES string of the molecule is CCCCN(Cc1ccccc1)[C@@H](C)c1ccc(C)c(NCCC)c1. The molecule has 0 unspecified atom stereocenters. The summed E-state index contributed by atoms with van der Waals surface area (Å²) in [4.78, 5) is 2.60. The Hall–Kier alpha value is -1.80. The fourth-order valence-electron chi connectivity index (χ4n) is 3.15. The molecule has 2 aromatic rings. The van der Waals surface area contributed by atoms with Gasteiger partial charge in [0.1, 0.15) is 0 Å². The topological polar surface area (TPSA) is 15.3 Å². The zero-order valence-corrected chi connectivity index (χ0v) is 16.4. The molecular weight excluding hydrogens is 304 g/mol. The fourth-order valence-corrected chi connectivity index (χ4v) is 3.15. The third kappa shape index (κ3) is 5.89. The average molecular weight is 339 g/mol. The Bertz CT molecular complexity index is 621. The molecule has 0 aliphatic carbocycles. The molecule has 0 aliphatic heterocycles. The van der Waals surface area contributed by atoms with Crippen LogP contribution in [0.3, 0.4) is 0 Å². The van der Waals surface area contributed by atoms with Crippen molar-refractivity contribution in [2.24, 2.45) is 0 Å². The van der Waals surface area contributed by atoms with Crippen molar-refractivity contribution in [2.75, 3.05) is 18.4 Å². The number of aryl methyl sites for hydroxylation is 1. The molecule has 25 heavy (non-hydrogen) atoms. The third-order valence-electron chi connectivity index (χ3n) is 4.88. The second-order valence-electron chi connectivity index (χ2n) is 6.99. The van der Waals surface area contributed by atoms with Crippen LogP contribution in [0.25, 0.3) is 0 Å². The summed E-state index contributed by atoms with van der Waals surface area (Å²) in [7, 11) is 0. The lowest BCUT2D eigenvalue weighted by atomic mass is 10.0. The molecule has 2 heteroatoms. The molecule has 1 atom stereocenters. The standard InChI is InChI=1S/C23H34N2/c1-5-7-16-25(18-21-11-9-8-10-12-21)20(4)22-14-13-19(3)23(17-22)24-15-6-2/h8-14,17,20,24H,5-7,15-16,18H2,1-4H3/t20-/m0/s1. The van der Waals surface area contributed by atoms with Gasteiger partial charge in [0, 0.05) is 24.8 Å². The van der Waals surface area contributed by atoms with Gasteiger partial charge in [0.2, 0.25) is 0 Å². The van der Waals surface area contributed by atoms with Crippen LogP contribution in [0.1, 0.15) is 62.8 Å². The Morgan fingerprint density at radius 3 is 2.44 bits per heavy atom. The molecule has 0 radical (unpaired) electrons. The first-order chi connectivity index (χ1) is 12.2. The smallest absolute Gasteiger partial charge is 0.0373 e. The molecule has 0 spiro atoms. The van der Waals surface area contributed by atoms with Gasteiger partial charge in [-0.25, -0.2) is 0 Å². The molecule has 0 fully saturated rings. The number of anilines is 1. The van der Waals surface area contributed by atoms with Gasteiger partial charge in [-0.3, -0.25) is 4.90 Å². The summed E-state index contributed by atoms with van der Waals surface area (Å²) in [6.07, 6.45) is 3.62. The molecular formula is C23H34N2. The van der Waals surface area contributed by atoms with E-state index in [1.54, 1.807) is 0 Å². The fraction of sp³-hybridized carbons (Fsp3) is 0.478. The van der Waals surface area contributed by atoms with Gasteiger partial charge < -0.3 is 5.32 Å². The lowest BCUT2D eigenvalue weighted by molar-refractivity contribution is 0.198. The number of hydrogen-bond acceptors (Lipinski definition) is 2. The van der Waals surface area contributed by atoms with Crippen molar-refractivity contribution in [3.63, 3.8) is 0 Å². The summed E-state index contributed by atoms with van der Waals surface area (Å²) in [5.74, 6) is 0. The zero-order valence-electron chi connectivity index (χ0n) is 16.4. The van der Waals surface area contributed by atoms with Crippen molar-refractivity contribution in [2.45, 2.75) is 59.5 Å². The second kappa shape index (κ2) is 10.2. The number of nitrogens with zero attached hydrogens (tertiary/aromatic N) is 1. The average Bonchev–Trinajstić information content (AvgIpc) is 2.64. The highest BCUT2D eigenvalue weighted by molar-refractivity contribution is 5.53. The van der Waals surface area contributed by atoms with Crippen molar-refractivity contribution in [1.29, 1.82) is 0 Å². The number of hydrogen-bond donors (Lipinski definition) is 1. The molecule has 2 aromatic carbocycles. The van der Waals surface area contributed by atoms with E-state index in [0.29, 0.717) is 6.04 Å². The van der Waals surface area contributed by atoms with Gasteiger partial charge in [-0.2, -0.15) is 0 Å². The lowest BCUT2D eigenvalue weighted by Crippen LogP contribution is -2.28. The van der Waals surface area contributed by atoms with Crippen molar-refractivity contribution < 1.29 is 0 Å². The van der Waals surface area contributed by atoms with Crippen LogP contribution >= 0.6 is 0 Å². The Morgan fingerprint density at radius 1 is 1.00 bits per heavy atom. The molecule has 1 N–H and O–H groups in total. The van der Waals surface area contributed by atoms with Gasteiger partial charge in [0.25, 0.3) is 0 Å². The minimum absolute atomic E-state index is 0.412. The van der Waals surface area contributed by atoms with Crippen LogP contribution < -0.4 is 5.32 Å². The quantitative estimate of drug-likeness (QED) is 0.556. The van der Waals surface area contributed by atoms with E-state index in [-0.39, 0.29) is 0 Å². The van der Waals surface area contributed by atoms with Crippen molar-refractivity contribution in [3.8, 4) is 0 Å². The molecule has 136 valence electrons. The molecule has 0 amide bonds. The summed E-state index contributed by atoms with van der Waals surface area (Å²) < 4.78 is 0. The van der Waals surface area contributed by atoms with Crippen molar-refractivity contribution >= 4 is 5.69 Å². The molecule has 0 aliphatic rings. The van der Waals surface area contributed by atoms with E-state index in [2.05, 4.69) is 86.4 Å². The maximum atomic E-state index is 3.57. The highest BCUT2D eigenvalue weighted by atomic mass is 15.1. The summed E-state index contributed by atoms with van der Waals surface area (Å²) in [6, 6.07) is 18.1. The Kier molecular flexibility index (Phi) is 8.00. The highest BCUT2D eigenvalue weighted by Gasteiger charge is 2.16. The van der Waals surface area contributed by atoms with Gasteiger partial charge in [0.15, 0.2) is 0 Å². The highest BCUT2D eigenvalue weighted by Crippen LogP contribution is 2.27. The van der Waals surface area contributed by atoms with E-state index in [4.69, 9.17) is 0 Å². The third-order valence-corrected chi connectivity index (χ3v) is 4.88. The second-order valence-corrected chi connectivity index (χ2v) is 6.99. The van der Waals surface area contributed by atoms with Gasteiger partial charge in [0.05, 0.1) is 0 Å². The minimum Gasteiger partial charge on any atom is -0.385 e. The van der Waals surface area contributed by atoms with E-state index in [1.165, 1.54) is 35.2 Å². The summed E-state index contributed by atoms with van der Waals surface area (Å²) in [5.41, 5.74) is 5.40. The summed E-state index contributed by atoms with van der Waals surface area (Å²) in [6.45, 7) is 12.2. The Morgan fingerprint density at radius 2 is 1.76 bits per heavy atom. The van der Waals surface area contributed by atoms with E-state index < -0.39 is 0 Å². The largest absolute Gasteiger partial charge is 0.385 e. The van der Waals surface area contributed by atoms with E-state index in [0.717, 1.165) is 26.1 Å². The zero-order chi connectivity index (χ0) is 18.1. The molecule has 0 saturated heterocycles. The first-order valence-electron chi connectivity index (χ1n) is 9.78. The van der Waals surface area contributed by atoms with Gasteiger partial charge >= 0.3 is 0 Å². The number of benzene rings is 2. The van der Waals surface area contributed by atoms with Crippen LogP contribution in [0.15, 0.2) is 48.5 Å². The minimum atomic E-state index is 0.412. The monoisotopic (exact) mass is 338 g/mol.